The van der Waals surface area contributed by atoms with Gasteiger partial charge in [-0.1, -0.05) is 6.07 Å². The van der Waals surface area contributed by atoms with Gasteiger partial charge >= 0.3 is 0 Å². The molecule has 0 radical (unpaired) electrons. The molecule has 0 aliphatic heterocycles. The average molecular weight is 288 g/mol. The second kappa shape index (κ2) is 5.86. The van der Waals surface area contributed by atoms with Crippen LogP contribution in [0.2, 0.25) is 0 Å². The Morgan fingerprint density at radius 3 is 2.74 bits per heavy atom. The molecule has 0 amide bonds. The van der Waals surface area contributed by atoms with Gasteiger partial charge in [0.2, 0.25) is 0 Å². The van der Waals surface area contributed by atoms with Crippen molar-refractivity contribution in [2.24, 2.45) is 0 Å². The summed E-state index contributed by atoms with van der Waals surface area (Å²) in [6.45, 7) is 6.49. The molecule has 0 fully saturated rings. The molecule has 1 aromatic heterocycles. The van der Waals surface area contributed by atoms with E-state index >= 15 is 0 Å². The van der Waals surface area contributed by atoms with Crippen LogP contribution in [0.25, 0.3) is 10.9 Å². The van der Waals surface area contributed by atoms with Gasteiger partial charge in [-0.05, 0) is 32.4 Å². The zero-order valence-corrected chi connectivity index (χ0v) is 12.0. The van der Waals surface area contributed by atoms with Crippen LogP contribution < -0.4 is 5.32 Å². The van der Waals surface area contributed by atoms with Gasteiger partial charge in [0, 0.05) is 17.5 Å². The van der Waals surface area contributed by atoms with Crippen molar-refractivity contribution in [3.63, 3.8) is 0 Å². The lowest BCUT2D eigenvalue weighted by atomic mass is 10.0. The standard InChI is InChI=1S/C13H18FN3O.ClH/c1-13(2,3)15-7-11(18)8-4-5-10(14)12-9(8)6-16-17-12;/h4-6,11,15,18H,7H2,1-3H3,(H,16,17);1H/t11-;/m0./s1. The Balaban J connectivity index is 0.00000180. The quantitative estimate of drug-likeness (QED) is 0.813. The summed E-state index contributed by atoms with van der Waals surface area (Å²) in [5.74, 6) is -0.359. The minimum atomic E-state index is -0.690. The van der Waals surface area contributed by atoms with Gasteiger partial charge in [0.25, 0.3) is 0 Å². The van der Waals surface area contributed by atoms with E-state index in [4.69, 9.17) is 0 Å². The highest BCUT2D eigenvalue weighted by Crippen LogP contribution is 2.24. The first-order valence-corrected chi connectivity index (χ1v) is 5.93. The van der Waals surface area contributed by atoms with Gasteiger partial charge in [0.15, 0.2) is 0 Å². The third-order valence-corrected chi connectivity index (χ3v) is 2.78. The number of H-pyrrole nitrogens is 1. The van der Waals surface area contributed by atoms with Crippen molar-refractivity contribution in [2.75, 3.05) is 6.54 Å². The maximum absolute atomic E-state index is 13.5. The van der Waals surface area contributed by atoms with E-state index in [2.05, 4.69) is 15.5 Å². The summed E-state index contributed by atoms with van der Waals surface area (Å²) in [5, 5.41) is 20.4. The maximum atomic E-state index is 13.5. The summed E-state index contributed by atoms with van der Waals surface area (Å²) in [6.07, 6.45) is 0.846. The molecular weight excluding hydrogens is 269 g/mol. The fraction of sp³-hybridized carbons (Fsp3) is 0.462. The van der Waals surface area contributed by atoms with E-state index in [0.29, 0.717) is 23.0 Å². The molecule has 0 aliphatic carbocycles. The molecule has 0 bridgehead atoms. The van der Waals surface area contributed by atoms with E-state index in [1.54, 1.807) is 6.07 Å². The smallest absolute Gasteiger partial charge is 0.148 e. The molecule has 0 unspecified atom stereocenters. The van der Waals surface area contributed by atoms with Crippen LogP contribution in [0.15, 0.2) is 18.3 Å². The number of fused-ring (bicyclic) bond motifs is 1. The van der Waals surface area contributed by atoms with Crippen molar-refractivity contribution in [1.82, 2.24) is 15.5 Å². The second-order valence-corrected chi connectivity index (χ2v) is 5.44. The molecule has 1 aromatic carbocycles. The van der Waals surface area contributed by atoms with E-state index in [-0.39, 0.29) is 23.8 Å². The molecule has 0 spiro atoms. The van der Waals surface area contributed by atoms with Crippen molar-refractivity contribution in [1.29, 1.82) is 0 Å². The molecule has 0 aliphatic rings. The first-order chi connectivity index (χ1) is 8.38. The summed E-state index contributed by atoms with van der Waals surface area (Å²) in [4.78, 5) is 0. The molecule has 6 heteroatoms. The molecule has 0 saturated heterocycles. The number of hydrogen-bond donors (Lipinski definition) is 3. The van der Waals surface area contributed by atoms with E-state index in [0.717, 1.165) is 0 Å². The van der Waals surface area contributed by atoms with Gasteiger partial charge in [-0.15, -0.1) is 12.4 Å². The SMILES string of the molecule is CC(C)(C)NC[C@H](O)c1ccc(F)c2[nH]ncc12.Cl. The summed E-state index contributed by atoms with van der Waals surface area (Å²) in [7, 11) is 0. The predicted molar refractivity (Wildman–Crippen MR) is 76.0 cm³/mol. The lowest BCUT2D eigenvalue weighted by molar-refractivity contribution is 0.164. The van der Waals surface area contributed by atoms with Gasteiger partial charge in [0.05, 0.1) is 12.3 Å². The molecule has 19 heavy (non-hydrogen) atoms. The third kappa shape index (κ3) is 3.65. The Bertz CT molecular complexity index is 550. The molecule has 106 valence electrons. The van der Waals surface area contributed by atoms with Crippen LogP contribution in [0.5, 0.6) is 0 Å². The number of nitrogens with one attached hydrogen (secondary N) is 2. The molecule has 4 nitrogen and oxygen atoms in total. The highest BCUT2D eigenvalue weighted by atomic mass is 35.5. The van der Waals surface area contributed by atoms with Crippen LogP contribution in [0, 0.1) is 5.82 Å². The fourth-order valence-corrected chi connectivity index (χ4v) is 1.83. The fourth-order valence-electron chi connectivity index (χ4n) is 1.83. The maximum Gasteiger partial charge on any atom is 0.148 e. The van der Waals surface area contributed by atoms with Crippen molar-refractivity contribution in [3.05, 3.63) is 29.7 Å². The van der Waals surface area contributed by atoms with Crippen molar-refractivity contribution >= 4 is 23.3 Å². The summed E-state index contributed by atoms with van der Waals surface area (Å²) >= 11 is 0. The second-order valence-electron chi connectivity index (χ2n) is 5.44. The van der Waals surface area contributed by atoms with Crippen LogP contribution in [0.1, 0.15) is 32.4 Å². The number of rotatable bonds is 3. The Morgan fingerprint density at radius 1 is 1.42 bits per heavy atom. The topological polar surface area (TPSA) is 60.9 Å². The Labute approximate surface area is 117 Å². The first-order valence-electron chi connectivity index (χ1n) is 5.93. The third-order valence-electron chi connectivity index (χ3n) is 2.78. The van der Waals surface area contributed by atoms with E-state index in [9.17, 15) is 9.50 Å². The normalized spacial score (nSPS) is 13.3. The molecule has 2 rings (SSSR count). The molecule has 3 N–H and O–H groups in total. The van der Waals surface area contributed by atoms with Crippen molar-refractivity contribution < 1.29 is 9.50 Å². The number of aliphatic hydroxyl groups excluding tert-OH is 1. The molecular formula is C13H19ClFN3O. The molecule has 0 saturated carbocycles. The van der Waals surface area contributed by atoms with E-state index in [1.807, 2.05) is 20.8 Å². The minimum absolute atomic E-state index is 0. The highest BCUT2D eigenvalue weighted by molar-refractivity contribution is 5.85. The van der Waals surface area contributed by atoms with Gasteiger partial charge < -0.3 is 10.4 Å². The van der Waals surface area contributed by atoms with E-state index < -0.39 is 6.10 Å². The zero-order chi connectivity index (χ0) is 13.3. The molecule has 1 atom stereocenters. The number of hydrogen-bond acceptors (Lipinski definition) is 3. The number of aliphatic hydroxyl groups is 1. The van der Waals surface area contributed by atoms with Crippen LogP contribution in [-0.4, -0.2) is 27.4 Å². The summed E-state index contributed by atoms with van der Waals surface area (Å²) in [5.41, 5.74) is 0.940. The zero-order valence-electron chi connectivity index (χ0n) is 11.2. The lowest BCUT2D eigenvalue weighted by Gasteiger charge is -2.23. The Morgan fingerprint density at radius 2 is 2.11 bits per heavy atom. The Kier molecular flexibility index (Phi) is 4.90. The number of benzene rings is 1. The van der Waals surface area contributed by atoms with Gasteiger partial charge in [-0.3, -0.25) is 5.10 Å². The monoisotopic (exact) mass is 287 g/mol. The number of halogens is 2. The number of aromatic nitrogens is 2. The number of aromatic amines is 1. The van der Waals surface area contributed by atoms with E-state index in [1.165, 1.54) is 12.3 Å². The van der Waals surface area contributed by atoms with Crippen LogP contribution in [-0.2, 0) is 0 Å². The van der Waals surface area contributed by atoms with Crippen LogP contribution >= 0.6 is 12.4 Å². The lowest BCUT2D eigenvalue weighted by Crippen LogP contribution is -2.38. The van der Waals surface area contributed by atoms with Crippen LogP contribution in [0.3, 0.4) is 0 Å². The first kappa shape index (κ1) is 15.9. The average Bonchev–Trinajstić information content (AvgIpc) is 2.75. The van der Waals surface area contributed by atoms with Gasteiger partial charge in [0.1, 0.15) is 11.3 Å². The molecule has 1 heterocycles. The number of nitrogens with zero attached hydrogens (tertiary/aromatic N) is 1. The largest absolute Gasteiger partial charge is 0.387 e. The number of β-amino-alcohol motifs (C(OH)–C–C–N with tert-alkyl or cyclic N) is 1. The van der Waals surface area contributed by atoms with Crippen molar-refractivity contribution in [3.8, 4) is 0 Å². The Hall–Kier alpha value is -1.17. The minimum Gasteiger partial charge on any atom is -0.387 e. The highest BCUT2D eigenvalue weighted by Gasteiger charge is 2.17. The van der Waals surface area contributed by atoms with Gasteiger partial charge in [-0.2, -0.15) is 5.10 Å². The molecule has 2 aromatic rings. The summed E-state index contributed by atoms with van der Waals surface area (Å²) in [6, 6.07) is 2.94. The predicted octanol–water partition coefficient (Wildman–Crippen LogP) is 2.55. The van der Waals surface area contributed by atoms with Crippen LogP contribution in [0.4, 0.5) is 4.39 Å². The summed E-state index contributed by atoms with van der Waals surface area (Å²) < 4.78 is 13.5. The van der Waals surface area contributed by atoms with Gasteiger partial charge in [-0.25, -0.2) is 4.39 Å². The van der Waals surface area contributed by atoms with Crippen molar-refractivity contribution in [2.45, 2.75) is 32.4 Å².